The molecule has 84 valence electrons. The quantitative estimate of drug-likeness (QED) is 0.621. The molecule has 17 heavy (non-hydrogen) atoms. The predicted octanol–water partition coefficient (Wildman–Crippen LogP) is 3.90. The number of halogens is 2. The molecule has 0 spiro atoms. The number of hydrogen-bond donors (Lipinski definition) is 0. The fourth-order valence-corrected chi connectivity index (χ4v) is 2.17. The van der Waals surface area contributed by atoms with E-state index in [4.69, 9.17) is 0 Å². The van der Waals surface area contributed by atoms with Crippen LogP contribution in [0.1, 0.15) is 0 Å². The molecule has 0 atom stereocenters. The lowest BCUT2D eigenvalue weighted by Crippen LogP contribution is -1.82. The maximum Gasteiger partial charge on any atom is 0.138 e. The summed E-state index contributed by atoms with van der Waals surface area (Å²) in [6, 6.07) is 12.1. The topological polar surface area (TPSA) is 17.3 Å². The average molecular weight is 291 g/mol. The van der Waals surface area contributed by atoms with Crippen LogP contribution in [0.15, 0.2) is 53.3 Å². The van der Waals surface area contributed by atoms with Crippen LogP contribution >= 0.6 is 15.9 Å². The fourth-order valence-electron chi connectivity index (χ4n) is 1.74. The summed E-state index contributed by atoms with van der Waals surface area (Å²) < 4.78 is 15.7. The lowest BCUT2D eigenvalue weighted by Gasteiger charge is -1.95. The zero-order chi connectivity index (χ0) is 11.8. The minimum atomic E-state index is -0.237. The van der Waals surface area contributed by atoms with Gasteiger partial charge in [-0.15, -0.1) is 0 Å². The lowest BCUT2D eigenvalue weighted by atomic mass is 10.2. The minimum Gasteiger partial charge on any atom is -0.293 e. The first-order valence-electron chi connectivity index (χ1n) is 5.13. The molecule has 1 aromatic carbocycles. The van der Waals surface area contributed by atoms with Gasteiger partial charge in [-0.3, -0.25) is 4.40 Å². The van der Waals surface area contributed by atoms with Gasteiger partial charge >= 0.3 is 0 Å². The molecule has 0 aliphatic heterocycles. The van der Waals surface area contributed by atoms with E-state index in [1.165, 1.54) is 12.1 Å². The number of hydrogen-bond acceptors (Lipinski definition) is 1. The third-order valence-corrected chi connectivity index (χ3v) is 3.23. The fraction of sp³-hybridized carbons (Fsp3) is 0. The van der Waals surface area contributed by atoms with Gasteiger partial charge in [-0.05, 0) is 52.3 Å². The lowest BCUT2D eigenvalue weighted by molar-refractivity contribution is 0.628. The minimum absolute atomic E-state index is 0.237. The summed E-state index contributed by atoms with van der Waals surface area (Å²) in [5.41, 5.74) is 2.60. The van der Waals surface area contributed by atoms with E-state index in [1.807, 2.05) is 28.8 Å². The van der Waals surface area contributed by atoms with E-state index in [2.05, 4.69) is 20.9 Å². The van der Waals surface area contributed by atoms with Gasteiger partial charge in [0.05, 0.1) is 10.3 Å². The molecular weight excluding hydrogens is 283 g/mol. The van der Waals surface area contributed by atoms with Gasteiger partial charge in [-0.25, -0.2) is 9.37 Å². The van der Waals surface area contributed by atoms with Crippen molar-refractivity contribution in [3.8, 4) is 11.3 Å². The van der Waals surface area contributed by atoms with Crippen LogP contribution in [0.2, 0.25) is 0 Å². The Labute approximate surface area is 106 Å². The van der Waals surface area contributed by atoms with Gasteiger partial charge in [0.15, 0.2) is 0 Å². The first-order chi connectivity index (χ1) is 8.24. The van der Waals surface area contributed by atoms with E-state index in [0.29, 0.717) is 0 Å². The third-order valence-electron chi connectivity index (χ3n) is 2.58. The van der Waals surface area contributed by atoms with Crippen molar-refractivity contribution in [3.63, 3.8) is 0 Å². The summed E-state index contributed by atoms with van der Waals surface area (Å²) >= 11 is 3.46. The van der Waals surface area contributed by atoms with E-state index in [-0.39, 0.29) is 5.82 Å². The molecule has 2 aromatic heterocycles. The average Bonchev–Trinajstić information content (AvgIpc) is 2.75. The molecule has 2 nitrogen and oxygen atoms in total. The number of rotatable bonds is 1. The Morgan fingerprint density at radius 1 is 1.06 bits per heavy atom. The normalized spacial score (nSPS) is 10.9. The molecule has 0 radical (unpaired) electrons. The van der Waals surface area contributed by atoms with Crippen molar-refractivity contribution in [2.75, 3.05) is 0 Å². The number of benzene rings is 1. The Morgan fingerprint density at radius 3 is 2.53 bits per heavy atom. The van der Waals surface area contributed by atoms with Crippen molar-refractivity contribution in [3.05, 3.63) is 59.1 Å². The Balaban J connectivity index is 2.18. The molecule has 0 saturated carbocycles. The van der Waals surface area contributed by atoms with Crippen molar-refractivity contribution in [2.45, 2.75) is 0 Å². The molecule has 0 aliphatic carbocycles. The summed E-state index contributed by atoms with van der Waals surface area (Å²) in [7, 11) is 0. The van der Waals surface area contributed by atoms with Crippen LogP contribution in [0.5, 0.6) is 0 Å². The molecule has 0 N–H and O–H groups in total. The molecule has 0 saturated heterocycles. The van der Waals surface area contributed by atoms with Crippen LogP contribution < -0.4 is 0 Å². The molecule has 0 unspecified atom stereocenters. The number of aromatic nitrogens is 2. The maximum atomic E-state index is 12.8. The van der Waals surface area contributed by atoms with Crippen molar-refractivity contribution in [1.29, 1.82) is 0 Å². The Hall–Kier alpha value is -1.68. The predicted molar refractivity (Wildman–Crippen MR) is 68.3 cm³/mol. The summed E-state index contributed by atoms with van der Waals surface area (Å²) in [5.74, 6) is -0.237. The molecule has 0 fully saturated rings. The summed E-state index contributed by atoms with van der Waals surface area (Å²) in [4.78, 5) is 4.48. The Bertz CT molecular complexity index is 673. The molecule has 3 rings (SSSR count). The molecule has 0 amide bonds. The smallest absolute Gasteiger partial charge is 0.138 e. The molecule has 0 bridgehead atoms. The van der Waals surface area contributed by atoms with Gasteiger partial charge in [0, 0.05) is 11.8 Å². The van der Waals surface area contributed by atoms with E-state index >= 15 is 0 Å². The Kier molecular flexibility index (Phi) is 2.44. The van der Waals surface area contributed by atoms with E-state index < -0.39 is 0 Å². The second-order valence-corrected chi connectivity index (χ2v) is 4.52. The van der Waals surface area contributed by atoms with Gasteiger partial charge in [0.25, 0.3) is 0 Å². The highest BCUT2D eigenvalue weighted by Crippen LogP contribution is 2.22. The van der Waals surface area contributed by atoms with Gasteiger partial charge < -0.3 is 0 Å². The molecule has 4 heteroatoms. The van der Waals surface area contributed by atoms with Gasteiger partial charge in [0.1, 0.15) is 11.5 Å². The zero-order valence-electron chi connectivity index (χ0n) is 8.77. The molecular formula is C13H8BrFN2. The number of fused-ring (bicyclic) bond motifs is 1. The second-order valence-electron chi connectivity index (χ2n) is 3.71. The number of imidazole rings is 1. The van der Waals surface area contributed by atoms with Crippen molar-refractivity contribution >= 4 is 21.6 Å². The molecule has 2 heterocycles. The SMILES string of the molecule is Fc1ccc(-c2cn3c(Br)cccc3n2)cc1. The van der Waals surface area contributed by atoms with Gasteiger partial charge in [0.2, 0.25) is 0 Å². The highest BCUT2D eigenvalue weighted by atomic mass is 79.9. The van der Waals surface area contributed by atoms with Crippen LogP contribution in [-0.4, -0.2) is 9.38 Å². The van der Waals surface area contributed by atoms with E-state index in [0.717, 1.165) is 21.5 Å². The van der Waals surface area contributed by atoms with Gasteiger partial charge in [-0.2, -0.15) is 0 Å². The highest BCUT2D eigenvalue weighted by molar-refractivity contribution is 9.10. The van der Waals surface area contributed by atoms with Crippen molar-refractivity contribution in [2.24, 2.45) is 0 Å². The van der Waals surface area contributed by atoms with E-state index in [9.17, 15) is 4.39 Å². The van der Waals surface area contributed by atoms with Crippen molar-refractivity contribution in [1.82, 2.24) is 9.38 Å². The zero-order valence-corrected chi connectivity index (χ0v) is 10.4. The van der Waals surface area contributed by atoms with Gasteiger partial charge in [-0.1, -0.05) is 6.07 Å². The summed E-state index contributed by atoms with van der Waals surface area (Å²) in [5, 5.41) is 0. The van der Waals surface area contributed by atoms with Crippen LogP contribution in [0.4, 0.5) is 4.39 Å². The third kappa shape index (κ3) is 1.85. The highest BCUT2D eigenvalue weighted by Gasteiger charge is 2.05. The van der Waals surface area contributed by atoms with Crippen molar-refractivity contribution < 1.29 is 4.39 Å². The molecule has 0 aliphatic rings. The van der Waals surface area contributed by atoms with E-state index in [1.54, 1.807) is 12.1 Å². The summed E-state index contributed by atoms with van der Waals surface area (Å²) in [6.07, 6.45) is 1.92. The summed E-state index contributed by atoms with van der Waals surface area (Å²) in [6.45, 7) is 0. The monoisotopic (exact) mass is 290 g/mol. The van der Waals surface area contributed by atoms with Crippen LogP contribution in [0, 0.1) is 5.82 Å². The first-order valence-corrected chi connectivity index (χ1v) is 5.93. The van der Waals surface area contributed by atoms with Crippen LogP contribution in [0.25, 0.3) is 16.9 Å². The Morgan fingerprint density at radius 2 is 1.82 bits per heavy atom. The van der Waals surface area contributed by atoms with Crippen LogP contribution in [-0.2, 0) is 0 Å². The molecule has 3 aromatic rings. The number of nitrogens with zero attached hydrogens (tertiary/aromatic N) is 2. The second kappa shape index (κ2) is 3.96. The first kappa shape index (κ1) is 10.5. The van der Waals surface area contributed by atoms with Crippen LogP contribution in [0.3, 0.4) is 0 Å². The number of pyridine rings is 1. The maximum absolute atomic E-state index is 12.8. The standard InChI is InChI=1S/C13H8BrFN2/c14-12-2-1-3-13-16-11(8-17(12)13)9-4-6-10(15)7-5-9/h1-8H. The largest absolute Gasteiger partial charge is 0.293 e.